The van der Waals surface area contributed by atoms with Crippen LogP contribution in [0.25, 0.3) is 22.5 Å². The van der Waals surface area contributed by atoms with Gasteiger partial charge in [-0.3, -0.25) is 4.79 Å². The lowest BCUT2D eigenvalue weighted by Crippen LogP contribution is -2.28. The van der Waals surface area contributed by atoms with E-state index in [0.717, 1.165) is 39.8 Å². The Morgan fingerprint density at radius 2 is 1.53 bits per heavy atom. The first-order valence-electron chi connectivity index (χ1n) is 14.8. The molecule has 1 N–H and O–H groups in total. The quantitative estimate of drug-likeness (QED) is 0.167. The fourth-order valence-corrected chi connectivity index (χ4v) is 5.77. The van der Waals surface area contributed by atoms with Gasteiger partial charge in [-0.05, 0) is 70.0 Å². The summed E-state index contributed by atoms with van der Waals surface area (Å²) >= 11 is 6.09. The Balaban J connectivity index is 1.41. The molecule has 0 spiro atoms. The Morgan fingerprint density at radius 1 is 0.867 bits per heavy atom. The minimum absolute atomic E-state index is 0.0297. The molecule has 0 saturated carbocycles. The molecule has 0 fully saturated rings. The first-order chi connectivity index (χ1) is 21.4. The van der Waals surface area contributed by atoms with Crippen LogP contribution in [-0.4, -0.2) is 38.0 Å². The van der Waals surface area contributed by atoms with Gasteiger partial charge >= 0.3 is 0 Å². The van der Waals surface area contributed by atoms with Gasteiger partial charge in [0, 0.05) is 40.9 Å². The SMILES string of the molecule is CC(C)(C)c1ccc(C(Cc2ccc(C(=O)NCCS(C)(=O)=O)cc2)c2cc(-c3cccc(-c4ccc(Cl)cc4)c3)on2)cc1. The van der Waals surface area contributed by atoms with Crippen molar-refractivity contribution in [2.45, 2.75) is 38.5 Å². The molecule has 45 heavy (non-hydrogen) atoms. The predicted octanol–water partition coefficient (Wildman–Crippen LogP) is 8.11. The smallest absolute Gasteiger partial charge is 0.251 e. The molecule has 1 amide bonds. The zero-order valence-electron chi connectivity index (χ0n) is 25.9. The van der Waals surface area contributed by atoms with E-state index in [2.05, 4.69) is 67.6 Å². The van der Waals surface area contributed by atoms with Crippen molar-refractivity contribution in [2.24, 2.45) is 0 Å². The van der Waals surface area contributed by atoms with Crippen molar-refractivity contribution < 1.29 is 17.7 Å². The second kappa shape index (κ2) is 13.4. The van der Waals surface area contributed by atoms with Crippen molar-refractivity contribution >= 4 is 27.3 Å². The van der Waals surface area contributed by atoms with Gasteiger partial charge in [0.2, 0.25) is 0 Å². The monoisotopic (exact) mass is 640 g/mol. The molecule has 0 aliphatic carbocycles. The van der Waals surface area contributed by atoms with E-state index in [1.165, 1.54) is 5.56 Å². The maximum Gasteiger partial charge on any atom is 0.251 e. The molecule has 5 aromatic rings. The van der Waals surface area contributed by atoms with Crippen LogP contribution in [0.15, 0.2) is 108 Å². The molecule has 0 radical (unpaired) electrons. The maximum atomic E-state index is 12.6. The number of hydrogen-bond acceptors (Lipinski definition) is 5. The molecule has 6 nitrogen and oxygen atoms in total. The highest BCUT2D eigenvalue weighted by Gasteiger charge is 2.22. The lowest BCUT2D eigenvalue weighted by Gasteiger charge is -2.21. The van der Waals surface area contributed by atoms with Gasteiger partial charge in [-0.15, -0.1) is 0 Å². The minimum Gasteiger partial charge on any atom is -0.356 e. The Labute approximate surface area is 270 Å². The number of amides is 1. The van der Waals surface area contributed by atoms with Gasteiger partial charge in [0.15, 0.2) is 5.76 Å². The number of nitrogens with one attached hydrogen (secondary N) is 1. The van der Waals surface area contributed by atoms with Gasteiger partial charge in [0.25, 0.3) is 5.91 Å². The van der Waals surface area contributed by atoms with Crippen LogP contribution in [0.1, 0.15) is 59.4 Å². The topological polar surface area (TPSA) is 89.3 Å². The van der Waals surface area contributed by atoms with Crippen LogP contribution in [0, 0.1) is 0 Å². The van der Waals surface area contributed by atoms with Crippen LogP contribution < -0.4 is 5.32 Å². The van der Waals surface area contributed by atoms with E-state index in [9.17, 15) is 13.2 Å². The molecule has 1 heterocycles. The minimum atomic E-state index is -3.15. The molecule has 0 aliphatic rings. The summed E-state index contributed by atoms with van der Waals surface area (Å²) in [5.74, 6) is 0.183. The number of carbonyl (C=O) groups excluding carboxylic acids is 1. The van der Waals surface area contributed by atoms with E-state index in [1.807, 2.05) is 54.6 Å². The molecule has 1 aromatic heterocycles. The highest BCUT2D eigenvalue weighted by atomic mass is 35.5. The summed E-state index contributed by atoms with van der Waals surface area (Å²) in [6.45, 7) is 6.66. The summed E-state index contributed by atoms with van der Waals surface area (Å²) < 4.78 is 28.7. The lowest BCUT2D eigenvalue weighted by atomic mass is 9.83. The average Bonchev–Trinajstić information content (AvgIpc) is 3.50. The van der Waals surface area contributed by atoms with E-state index in [-0.39, 0.29) is 29.5 Å². The molecule has 1 unspecified atom stereocenters. The Morgan fingerprint density at radius 3 is 2.18 bits per heavy atom. The Hall–Kier alpha value is -4.20. The maximum absolute atomic E-state index is 12.6. The highest BCUT2D eigenvalue weighted by molar-refractivity contribution is 7.90. The molecule has 5 rings (SSSR count). The molecule has 1 atom stereocenters. The van der Waals surface area contributed by atoms with Crippen molar-refractivity contribution in [2.75, 3.05) is 18.6 Å². The van der Waals surface area contributed by atoms with E-state index in [1.54, 1.807) is 12.1 Å². The number of nitrogens with zero attached hydrogens (tertiary/aromatic N) is 1. The third-order valence-corrected chi connectivity index (χ3v) is 9.00. The van der Waals surface area contributed by atoms with Gasteiger partial charge < -0.3 is 9.84 Å². The summed E-state index contributed by atoms with van der Waals surface area (Å²) in [5, 5.41) is 7.91. The molecule has 232 valence electrons. The number of aromatic nitrogens is 1. The number of sulfone groups is 1. The van der Waals surface area contributed by atoms with Crippen molar-refractivity contribution in [1.82, 2.24) is 10.5 Å². The average molecular weight is 641 g/mol. The van der Waals surface area contributed by atoms with Gasteiger partial charge in [0.1, 0.15) is 9.84 Å². The highest BCUT2D eigenvalue weighted by Crippen LogP contribution is 2.34. The molecule has 8 heteroatoms. The van der Waals surface area contributed by atoms with Crippen LogP contribution in [0.2, 0.25) is 5.02 Å². The van der Waals surface area contributed by atoms with Crippen molar-refractivity contribution in [3.05, 3.63) is 136 Å². The second-order valence-electron chi connectivity index (χ2n) is 12.4. The molecule has 0 bridgehead atoms. The van der Waals surface area contributed by atoms with Gasteiger partial charge in [-0.25, -0.2) is 8.42 Å². The zero-order chi connectivity index (χ0) is 32.2. The second-order valence-corrected chi connectivity index (χ2v) is 15.1. The predicted molar refractivity (Wildman–Crippen MR) is 182 cm³/mol. The first-order valence-corrected chi connectivity index (χ1v) is 17.3. The van der Waals surface area contributed by atoms with E-state index in [4.69, 9.17) is 16.1 Å². The molecule has 4 aromatic carbocycles. The van der Waals surface area contributed by atoms with Gasteiger partial charge in [0.05, 0.1) is 11.4 Å². The third kappa shape index (κ3) is 8.50. The van der Waals surface area contributed by atoms with Crippen molar-refractivity contribution in [3.63, 3.8) is 0 Å². The van der Waals surface area contributed by atoms with Crippen LogP contribution in [0.3, 0.4) is 0 Å². The molecule has 0 saturated heterocycles. The molecule has 0 aliphatic heterocycles. The van der Waals surface area contributed by atoms with Crippen LogP contribution in [-0.2, 0) is 21.7 Å². The molecular weight excluding hydrogens is 604 g/mol. The summed E-state index contributed by atoms with van der Waals surface area (Å²) in [5.41, 5.74) is 7.74. The van der Waals surface area contributed by atoms with E-state index >= 15 is 0 Å². The van der Waals surface area contributed by atoms with Crippen molar-refractivity contribution in [1.29, 1.82) is 0 Å². The van der Waals surface area contributed by atoms with Crippen molar-refractivity contribution in [3.8, 4) is 22.5 Å². The van der Waals surface area contributed by atoms with Crippen LogP contribution in [0.4, 0.5) is 0 Å². The van der Waals surface area contributed by atoms with Crippen LogP contribution >= 0.6 is 11.6 Å². The summed E-state index contributed by atoms with van der Waals surface area (Å²) in [7, 11) is -3.15. The third-order valence-electron chi connectivity index (χ3n) is 7.80. The number of halogens is 1. The largest absolute Gasteiger partial charge is 0.356 e. The number of hydrogen-bond donors (Lipinski definition) is 1. The fourth-order valence-electron chi connectivity index (χ4n) is 5.17. The summed E-state index contributed by atoms with van der Waals surface area (Å²) in [4.78, 5) is 12.6. The summed E-state index contributed by atoms with van der Waals surface area (Å²) in [6.07, 6.45) is 1.79. The van der Waals surface area contributed by atoms with E-state index < -0.39 is 9.84 Å². The van der Waals surface area contributed by atoms with Gasteiger partial charge in [-0.2, -0.15) is 0 Å². The van der Waals surface area contributed by atoms with E-state index in [0.29, 0.717) is 22.8 Å². The zero-order valence-corrected chi connectivity index (χ0v) is 27.5. The number of benzene rings is 4. The fraction of sp³-hybridized carbons (Fsp3) is 0.243. The first kappa shape index (κ1) is 32.2. The van der Waals surface area contributed by atoms with Gasteiger partial charge in [-0.1, -0.05) is 104 Å². The Bertz CT molecular complexity index is 1870. The van der Waals surface area contributed by atoms with Crippen LogP contribution in [0.5, 0.6) is 0 Å². The normalized spacial score (nSPS) is 12.6. The lowest BCUT2D eigenvalue weighted by molar-refractivity contribution is 0.0956. The standard InChI is InChI=1S/C37H37ClN2O4S/c1-37(2,3)31-16-12-27(13-17-31)33(22-25-8-10-28(11-9-25)36(41)39-20-21-45(4,42)43)34-24-35(44-40-34)30-7-5-6-29(23-30)26-14-18-32(38)19-15-26/h5-19,23-24,33H,20-22H2,1-4H3,(H,39,41). The molecular formula is C37H37ClN2O4S. The Kier molecular flexibility index (Phi) is 9.61. The summed E-state index contributed by atoms with van der Waals surface area (Å²) in [6, 6.07) is 33.9. The number of carbonyl (C=O) groups is 1. The number of rotatable bonds is 10.